The van der Waals surface area contributed by atoms with E-state index in [4.69, 9.17) is 9.15 Å². The van der Waals surface area contributed by atoms with Gasteiger partial charge >= 0.3 is 0 Å². The number of aryl methyl sites for hydroxylation is 2. The number of thioether (sulfide) groups is 1. The number of thiazole rings is 1. The number of carbonyl (C=O) groups is 1. The predicted octanol–water partition coefficient (Wildman–Crippen LogP) is 5.61. The van der Waals surface area contributed by atoms with Gasteiger partial charge in [-0.3, -0.25) is 4.79 Å². The monoisotopic (exact) mass is 438 g/mol. The maximum atomic E-state index is 12.8. The molecule has 1 amide bonds. The van der Waals surface area contributed by atoms with Crippen LogP contribution in [0.4, 0.5) is 0 Å². The molecule has 4 rings (SSSR count). The van der Waals surface area contributed by atoms with Crippen LogP contribution < -0.4 is 10.1 Å². The van der Waals surface area contributed by atoms with Gasteiger partial charge in [0.1, 0.15) is 22.3 Å². The number of nitrogens with one attached hydrogen (secondary N) is 1. The van der Waals surface area contributed by atoms with Gasteiger partial charge in [0.2, 0.25) is 0 Å². The molecule has 0 radical (unpaired) electrons. The fourth-order valence-corrected chi connectivity index (χ4v) is 4.95. The molecule has 0 saturated heterocycles. The Balaban J connectivity index is 1.43. The van der Waals surface area contributed by atoms with Crippen LogP contribution in [0.5, 0.6) is 5.75 Å². The van der Waals surface area contributed by atoms with Gasteiger partial charge in [0.25, 0.3) is 5.91 Å². The second-order valence-corrected chi connectivity index (χ2v) is 8.95. The Labute approximate surface area is 183 Å². The van der Waals surface area contributed by atoms with E-state index in [1.54, 1.807) is 23.1 Å². The molecule has 154 valence electrons. The van der Waals surface area contributed by atoms with Crippen LogP contribution in [0.15, 0.2) is 62.7 Å². The van der Waals surface area contributed by atoms with Crippen LogP contribution in [0.2, 0.25) is 0 Å². The zero-order valence-electron chi connectivity index (χ0n) is 16.8. The van der Waals surface area contributed by atoms with Crippen molar-refractivity contribution in [1.29, 1.82) is 0 Å². The number of benzene rings is 2. The van der Waals surface area contributed by atoms with E-state index in [2.05, 4.69) is 10.3 Å². The first-order valence-electron chi connectivity index (χ1n) is 9.63. The Hall–Kier alpha value is -2.77. The minimum atomic E-state index is -0.232. The van der Waals surface area contributed by atoms with Gasteiger partial charge in [0.05, 0.1) is 6.54 Å². The van der Waals surface area contributed by atoms with E-state index in [9.17, 15) is 4.79 Å². The Morgan fingerprint density at radius 2 is 2.07 bits per heavy atom. The quantitative estimate of drug-likeness (QED) is 0.286. The van der Waals surface area contributed by atoms with Gasteiger partial charge in [0.15, 0.2) is 5.76 Å². The molecule has 0 aliphatic heterocycles. The highest BCUT2D eigenvalue weighted by molar-refractivity contribution is 8.00. The van der Waals surface area contributed by atoms with Gasteiger partial charge < -0.3 is 14.5 Å². The van der Waals surface area contributed by atoms with Crippen LogP contribution in [0.1, 0.15) is 27.4 Å². The molecule has 0 unspecified atom stereocenters. The van der Waals surface area contributed by atoms with Crippen molar-refractivity contribution in [2.24, 2.45) is 0 Å². The van der Waals surface area contributed by atoms with Gasteiger partial charge in [0, 0.05) is 27.8 Å². The Kier molecular flexibility index (Phi) is 6.40. The number of nitrogens with zero attached hydrogens (tertiary/aromatic N) is 1. The van der Waals surface area contributed by atoms with E-state index in [1.807, 2.05) is 67.8 Å². The topological polar surface area (TPSA) is 64.4 Å². The first-order chi connectivity index (χ1) is 14.6. The summed E-state index contributed by atoms with van der Waals surface area (Å²) in [5, 5.41) is 5.89. The molecule has 4 aromatic rings. The minimum absolute atomic E-state index is 0.232. The second-order valence-electron chi connectivity index (χ2n) is 6.87. The van der Waals surface area contributed by atoms with Gasteiger partial charge in [-0.15, -0.1) is 11.3 Å². The molecule has 2 heterocycles. The van der Waals surface area contributed by atoms with Crippen molar-refractivity contribution in [3.63, 3.8) is 0 Å². The fraction of sp³-hybridized carbons (Fsp3) is 0.217. The van der Waals surface area contributed by atoms with Gasteiger partial charge in [-0.25, -0.2) is 4.98 Å². The highest BCUT2D eigenvalue weighted by atomic mass is 32.2. The number of fused-ring (bicyclic) bond motifs is 1. The summed E-state index contributed by atoms with van der Waals surface area (Å²) >= 11 is 3.23. The van der Waals surface area contributed by atoms with E-state index in [0.717, 1.165) is 32.3 Å². The van der Waals surface area contributed by atoms with E-state index < -0.39 is 0 Å². The predicted molar refractivity (Wildman–Crippen MR) is 122 cm³/mol. The summed E-state index contributed by atoms with van der Waals surface area (Å²) < 4.78 is 12.6. The van der Waals surface area contributed by atoms with Gasteiger partial charge in [-0.2, -0.15) is 0 Å². The molecule has 0 aliphatic carbocycles. The highest BCUT2D eigenvalue weighted by Gasteiger charge is 2.20. The molecule has 5 nitrogen and oxygen atoms in total. The largest absolute Gasteiger partial charge is 0.492 e. The zero-order valence-corrected chi connectivity index (χ0v) is 18.4. The molecule has 30 heavy (non-hydrogen) atoms. The summed E-state index contributed by atoms with van der Waals surface area (Å²) in [5.74, 6) is 1.54. The lowest BCUT2D eigenvalue weighted by Crippen LogP contribution is -2.28. The standard InChI is InChI=1S/C23H22N2O3S2/c1-15-6-5-7-17(12-15)27-11-10-24-22(26)21-19(14-30-23-25-16(2)13-29-23)18-8-3-4-9-20(18)28-21/h3-9,12-13H,10-11,14H2,1-2H3,(H,24,26). The SMILES string of the molecule is Cc1cccc(OCCNC(=O)c2oc3ccccc3c2CSc2nc(C)cs2)c1. The molecule has 0 fully saturated rings. The third-order valence-electron chi connectivity index (χ3n) is 4.49. The molecular formula is C23H22N2O3S2. The number of amides is 1. The first-order valence-corrected chi connectivity index (χ1v) is 11.5. The molecule has 0 atom stereocenters. The van der Waals surface area contributed by atoms with E-state index in [0.29, 0.717) is 30.2 Å². The summed E-state index contributed by atoms with van der Waals surface area (Å²) in [7, 11) is 0. The average Bonchev–Trinajstić information content (AvgIpc) is 3.33. The molecule has 7 heteroatoms. The summed E-state index contributed by atoms with van der Waals surface area (Å²) in [4.78, 5) is 17.3. The van der Waals surface area contributed by atoms with E-state index in [1.165, 1.54) is 0 Å². The van der Waals surface area contributed by atoms with Crippen molar-refractivity contribution in [3.05, 3.63) is 76.5 Å². The molecular weight excluding hydrogens is 416 g/mol. The summed E-state index contributed by atoms with van der Waals surface area (Å²) in [6, 6.07) is 15.6. The Morgan fingerprint density at radius 3 is 2.87 bits per heavy atom. The maximum Gasteiger partial charge on any atom is 0.287 e. The van der Waals surface area contributed by atoms with Crippen LogP contribution >= 0.6 is 23.1 Å². The van der Waals surface area contributed by atoms with Crippen LogP contribution in [-0.2, 0) is 5.75 Å². The molecule has 1 N–H and O–H groups in total. The lowest BCUT2D eigenvalue weighted by Gasteiger charge is -2.08. The maximum absolute atomic E-state index is 12.8. The van der Waals surface area contributed by atoms with Crippen LogP contribution in [0.25, 0.3) is 11.0 Å². The molecule has 2 aromatic heterocycles. The third-order valence-corrected chi connectivity index (χ3v) is 6.65. The number of furan rings is 1. The van der Waals surface area contributed by atoms with Crippen molar-refractivity contribution in [2.45, 2.75) is 23.9 Å². The number of aromatic nitrogens is 1. The number of hydrogen-bond donors (Lipinski definition) is 1. The fourth-order valence-electron chi connectivity index (χ4n) is 3.08. The van der Waals surface area contributed by atoms with Crippen molar-refractivity contribution in [1.82, 2.24) is 10.3 Å². The smallest absolute Gasteiger partial charge is 0.287 e. The number of ether oxygens (including phenoxy) is 1. The number of rotatable bonds is 8. The highest BCUT2D eigenvalue weighted by Crippen LogP contribution is 2.33. The number of carbonyl (C=O) groups excluding carboxylic acids is 1. The molecule has 2 aromatic carbocycles. The van der Waals surface area contributed by atoms with Gasteiger partial charge in [-0.1, -0.05) is 42.1 Å². The summed E-state index contributed by atoms with van der Waals surface area (Å²) in [5.41, 5.74) is 3.74. The van der Waals surface area contributed by atoms with E-state index >= 15 is 0 Å². The first kappa shape index (κ1) is 20.5. The second kappa shape index (κ2) is 9.36. The van der Waals surface area contributed by atoms with Crippen molar-refractivity contribution in [2.75, 3.05) is 13.2 Å². The van der Waals surface area contributed by atoms with Crippen LogP contribution in [-0.4, -0.2) is 24.0 Å². The number of para-hydroxylation sites is 1. The normalized spacial score (nSPS) is 11.0. The van der Waals surface area contributed by atoms with Crippen molar-refractivity contribution >= 4 is 40.0 Å². The van der Waals surface area contributed by atoms with Crippen molar-refractivity contribution in [3.8, 4) is 5.75 Å². The van der Waals surface area contributed by atoms with Crippen LogP contribution in [0, 0.1) is 13.8 Å². The molecule has 0 aliphatic rings. The number of hydrogen-bond acceptors (Lipinski definition) is 6. The minimum Gasteiger partial charge on any atom is -0.492 e. The molecule has 0 saturated carbocycles. The van der Waals surface area contributed by atoms with Crippen LogP contribution in [0.3, 0.4) is 0 Å². The lowest BCUT2D eigenvalue weighted by molar-refractivity contribution is 0.0920. The Morgan fingerprint density at radius 1 is 1.20 bits per heavy atom. The van der Waals surface area contributed by atoms with Gasteiger partial charge in [-0.05, 0) is 37.6 Å². The average molecular weight is 439 g/mol. The Bertz CT molecular complexity index is 1170. The van der Waals surface area contributed by atoms with Crippen molar-refractivity contribution < 1.29 is 13.9 Å². The zero-order chi connectivity index (χ0) is 20.9. The third kappa shape index (κ3) is 4.86. The lowest BCUT2D eigenvalue weighted by atomic mass is 10.1. The molecule has 0 spiro atoms. The summed E-state index contributed by atoms with van der Waals surface area (Å²) in [6.45, 7) is 4.77. The molecule has 0 bridgehead atoms. The summed E-state index contributed by atoms with van der Waals surface area (Å²) in [6.07, 6.45) is 0. The van der Waals surface area contributed by atoms with E-state index in [-0.39, 0.29) is 5.91 Å².